The third-order valence-electron chi connectivity index (χ3n) is 2.10. The van der Waals surface area contributed by atoms with Crippen LogP contribution in [0.2, 0.25) is 0 Å². The molecular formula is C11H14FNO3. The van der Waals surface area contributed by atoms with Crippen LogP contribution in [0.1, 0.15) is 11.6 Å². The summed E-state index contributed by atoms with van der Waals surface area (Å²) in [6.45, 7) is 0.172. The van der Waals surface area contributed by atoms with Crippen LogP contribution < -0.4 is 5.32 Å². The zero-order valence-corrected chi connectivity index (χ0v) is 8.94. The van der Waals surface area contributed by atoms with E-state index < -0.39 is 12.0 Å². The number of nitrogens with one attached hydrogen (secondary N) is 1. The fourth-order valence-electron chi connectivity index (χ4n) is 1.32. The Bertz CT molecular complexity index is 340. The number of aliphatic hydroxyl groups is 1. The van der Waals surface area contributed by atoms with Crippen molar-refractivity contribution in [1.29, 1.82) is 0 Å². The highest BCUT2D eigenvalue weighted by atomic mass is 19.1. The van der Waals surface area contributed by atoms with Gasteiger partial charge in [0, 0.05) is 6.54 Å². The Kier molecular flexibility index (Phi) is 4.88. The molecule has 2 N–H and O–H groups in total. The number of carbonyl (C=O) groups excluding carboxylic acids is 1. The van der Waals surface area contributed by atoms with Gasteiger partial charge in [0.2, 0.25) is 0 Å². The number of halogens is 1. The first kappa shape index (κ1) is 12.6. The van der Waals surface area contributed by atoms with E-state index >= 15 is 0 Å². The summed E-state index contributed by atoms with van der Waals surface area (Å²) in [7, 11) is 1.28. The van der Waals surface area contributed by atoms with Crippen LogP contribution >= 0.6 is 0 Å². The molecule has 0 aliphatic heterocycles. The Morgan fingerprint density at radius 3 is 2.62 bits per heavy atom. The van der Waals surface area contributed by atoms with Crippen molar-refractivity contribution in [3.05, 3.63) is 35.6 Å². The van der Waals surface area contributed by atoms with Crippen molar-refractivity contribution in [3.63, 3.8) is 0 Å². The third kappa shape index (κ3) is 3.29. The van der Waals surface area contributed by atoms with Gasteiger partial charge in [-0.2, -0.15) is 0 Å². The highest BCUT2D eigenvalue weighted by Gasteiger charge is 2.20. The molecule has 1 atom stereocenters. The lowest BCUT2D eigenvalue weighted by atomic mass is 10.1. The molecule has 0 unspecified atom stereocenters. The van der Waals surface area contributed by atoms with Crippen molar-refractivity contribution in [3.8, 4) is 0 Å². The second-order valence-corrected chi connectivity index (χ2v) is 3.19. The lowest BCUT2D eigenvalue weighted by molar-refractivity contribution is -0.143. The molecule has 0 saturated heterocycles. The van der Waals surface area contributed by atoms with E-state index in [-0.39, 0.29) is 19.0 Å². The van der Waals surface area contributed by atoms with E-state index in [0.717, 1.165) is 0 Å². The summed E-state index contributed by atoms with van der Waals surface area (Å²) in [6.07, 6.45) is 0. The smallest absolute Gasteiger partial charge is 0.327 e. The van der Waals surface area contributed by atoms with Crippen molar-refractivity contribution in [2.45, 2.75) is 6.04 Å². The Balaban J connectivity index is 2.82. The second kappa shape index (κ2) is 6.19. The second-order valence-electron chi connectivity index (χ2n) is 3.19. The Labute approximate surface area is 93.0 Å². The molecule has 0 radical (unpaired) electrons. The number of rotatable bonds is 5. The molecule has 0 amide bonds. The Morgan fingerprint density at radius 2 is 2.12 bits per heavy atom. The summed E-state index contributed by atoms with van der Waals surface area (Å²) in [5, 5.41) is 11.5. The number of hydrogen-bond donors (Lipinski definition) is 2. The molecule has 1 aromatic carbocycles. The lowest BCUT2D eigenvalue weighted by Crippen LogP contribution is -2.31. The number of aliphatic hydroxyl groups excluding tert-OH is 1. The van der Waals surface area contributed by atoms with Crippen LogP contribution in [-0.4, -0.2) is 31.3 Å². The van der Waals surface area contributed by atoms with Crippen LogP contribution in [-0.2, 0) is 9.53 Å². The van der Waals surface area contributed by atoms with Crippen LogP contribution in [0.25, 0.3) is 0 Å². The lowest BCUT2D eigenvalue weighted by Gasteiger charge is -2.16. The zero-order chi connectivity index (χ0) is 12.0. The van der Waals surface area contributed by atoms with Gasteiger partial charge >= 0.3 is 5.97 Å². The maximum Gasteiger partial charge on any atom is 0.327 e. The van der Waals surface area contributed by atoms with Crippen molar-refractivity contribution in [1.82, 2.24) is 5.32 Å². The van der Waals surface area contributed by atoms with Gasteiger partial charge < -0.3 is 9.84 Å². The van der Waals surface area contributed by atoms with Gasteiger partial charge in [0.15, 0.2) is 0 Å². The number of methoxy groups -OCH3 is 1. The predicted octanol–water partition coefficient (Wildman–Crippen LogP) is 0.622. The van der Waals surface area contributed by atoms with Crippen molar-refractivity contribution < 1.29 is 19.0 Å². The first-order valence-corrected chi connectivity index (χ1v) is 4.86. The number of esters is 1. The minimum atomic E-state index is -0.683. The Morgan fingerprint density at radius 1 is 1.50 bits per heavy atom. The molecular weight excluding hydrogens is 213 g/mol. The van der Waals surface area contributed by atoms with E-state index in [1.54, 1.807) is 0 Å². The van der Waals surface area contributed by atoms with E-state index in [2.05, 4.69) is 10.1 Å². The number of ether oxygens (including phenoxy) is 1. The molecule has 1 aromatic rings. The third-order valence-corrected chi connectivity index (χ3v) is 2.10. The molecule has 16 heavy (non-hydrogen) atoms. The monoisotopic (exact) mass is 227 g/mol. The average Bonchev–Trinajstić information content (AvgIpc) is 2.31. The summed E-state index contributed by atoms with van der Waals surface area (Å²) in [5.41, 5.74) is 0.599. The molecule has 0 aliphatic carbocycles. The summed E-state index contributed by atoms with van der Waals surface area (Å²) >= 11 is 0. The summed E-state index contributed by atoms with van der Waals surface area (Å²) < 4.78 is 17.3. The van der Waals surface area contributed by atoms with Crippen LogP contribution in [0.3, 0.4) is 0 Å². The number of hydrogen-bond acceptors (Lipinski definition) is 4. The maximum absolute atomic E-state index is 12.7. The molecule has 0 aromatic heterocycles. The van der Waals surface area contributed by atoms with Gasteiger partial charge in [-0.05, 0) is 17.7 Å². The van der Waals surface area contributed by atoms with E-state index in [1.807, 2.05) is 0 Å². The molecule has 0 aliphatic rings. The molecule has 0 spiro atoms. The average molecular weight is 227 g/mol. The van der Waals surface area contributed by atoms with Gasteiger partial charge in [0.25, 0.3) is 0 Å². The first-order chi connectivity index (χ1) is 7.69. The predicted molar refractivity (Wildman–Crippen MR) is 56.2 cm³/mol. The minimum Gasteiger partial charge on any atom is -0.468 e. The van der Waals surface area contributed by atoms with E-state index in [1.165, 1.54) is 31.4 Å². The van der Waals surface area contributed by atoms with Crippen molar-refractivity contribution in [2.24, 2.45) is 0 Å². The highest BCUT2D eigenvalue weighted by Crippen LogP contribution is 2.14. The molecule has 0 fully saturated rings. The van der Waals surface area contributed by atoms with E-state index in [9.17, 15) is 9.18 Å². The van der Waals surface area contributed by atoms with Crippen LogP contribution in [0, 0.1) is 5.82 Å². The fraction of sp³-hybridized carbons (Fsp3) is 0.364. The molecule has 5 heteroatoms. The summed E-state index contributed by atoms with van der Waals surface area (Å²) in [4.78, 5) is 11.4. The van der Waals surface area contributed by atoms with Crippen molar-refractivity contribution in [2.75, 3.05) is 20.3 Å². The molecule has 4 nitrogen and oxygen atoms in total. The SMILES string of the molecule is COC(=O)[C@H](NCCO)c1ccc(F)cc1. The van der Waals surface area contributed by atoms with Gasteiger partial charge in [0.05, 0.1) is 13.7 Å². The van der Waals surface area contributed by atoms with E-state index in [0.29, 0.717) is 5.56 Å². The van der Waals surface area contributed by atoms with Crippen LogP contribution in [0.5, 0.6) is 0 Å². The molecule has 88 valence electrons. The van der Waals surface area contributed by atoms with Gasteiger partial charge in [0.1, 0.15) is 11.9 Å². The highest BCUT2D eigenvalue weighted by molar-refractivity contribution is 5.77. The molecule has 0 bridgehead atoms. The number of benzene rings is 1. The van der Waals surface area contributed by atoms with Crippen molar-refractivity contribution >= 4 is 5.97 Å². The normalized spacial score (nSPS) is 12.2. The summed E-state index contributed by atoms with van der Waals surface area (Å²) in [6, 6.07) is 4.86. The van der Waals surface area contributed by atoms with Gasteiger partial charge in [-0.25, -0.2) is 9.18 Å². The maximum atomic E-state index is 12.7. The minimum absolute atomic E-state index is 0.0886. The largest absolute Gasteiger partial charge is 0.468 e. The molecule has 1 rings (SSSR count). The quantitative estimate of drug-likeness (QED) is 0.724. The topological polar surface area (TPSA) is 58.6 Å². The summed E-state index contributed by atoms with van der Waals surface area (Å²) in [5.74, 6) is -0.838. The molecule has 0 heterocycles. The van der Waals surface area contributed by atoms with Gasteiger partial charge in [-0.3, -0.25) is 5.32 Å². The van der Waals surface area contributed by atoms with E-state index in [4.69, 9.17) is 5.11 Å². The Hall–Kier alpha value is -1.46. The van der Waals surface area contributed by atoms with Gasteiger partial charge in [-0.15, -0.1) is 0 Å². The first-order valence-electron chi connectivity index (χ1n) is 4.86. The van der Waals surface area contributed by atoms with Crippen LogP contribution in [0.15, 0.2) is 24.3 Å². The van der Waals surface area contributed by atoms with Gasteiger partial charge in [-0.1, -0.05) is 12.1 Å². The zero-order valence-electron chi connectivity index (χ0n) is 8.94. The number of carbonyl (C=O) groups is 1. The fourth-order valence-corrected chi connectivity index (χ4v) is 1.32. The van der Waals surface area contributed by atoms with Crippen LogP contribution in [0.4, 0.5) is 4.39 Å². The molecule has 0 saturated carbocycles. The standard InChI is InChI=1S/C11H14FNO3/c1-16-11(15)10(13-6-7-14)8-2-4-9(12)5-3-8/h2-5,10,13-14H,6-7H2,1H3/t10-/m1/s1.